The molecule has 86 valence electrons. The topological polar surface area (TPSA) is 66.6 Å². The van der Waals surface area contributed by atoms with Gasteiger partial charge in [-0.15, -0.1) is 0 Å². The average Bonchev–Trinajstić information content (AvgIpc) is 2.13. The fourth-order valence-electron chi connectivity index (χ4n) is 1.69. The van der Waals surface area contributed by atoms with Crippen molar-refractivity contribution in [3.05, 3.63) is 0 Å². The Balaban J connectivity index is 2.55. The first-order valence-corrected chi connectivity index (χ1v) is 5.35. The Morgan fingerprint density at radius 1 is 1.27 bits per heavy atom. The zero-order chi connectivity index (χ0) is 11.4. The number of amides is 2. The van der Waals surface area contributed by atoms with Gasteiger partial charge in [0.1, 0.15) is 0 Å². The summed E-state index contributed by atoms with van der Waals surface area (Å²) in [5, 5.41) is 0. The van der Waals surface area contributed by atoms with Gasteiger partial charge in [-0.2, -0.15) is 0 Å². The maximum atomic E-state index is 11.6. The van der Waals surface area contributed by atoms with Crippen molar-refractivity contribution in [2.24, 2.45) is 5.73 Å². The van der Waals surface area contributed by atoms with E-state index in [2.05, 4.69) is 0 Å². The molecule has 5 heteroatoms. The van der Waals surface area contributed by atoms with E-state index in [1.807, 2.05) is 13.8 Å². The normalized spacial score (nSPS) is 19.7. The second-order valence-corrected chi connectivity index (χ2v) is 4.07. The van der Waals surface area contributed by atoms with Gasteiger partial charge in [0.25, 0.3) is 0 Å². The molecule has 0 aromatic rings. The summed E-state index contributed by atoms with van der Waals surface area (Å²) in [4.78, 5) is 26.4. The second kappa shape index (κ2) is 5.11. The summed E-state index contributed by atoms with van der Waals surface area (Å²) >= 11 is 0. The van der Waals surface area contributed by atoms with E-state index in [9.17, 15) is 9.59 Å². The first kappa shape index (κ1) is 12.0. The Morgan fingerprint density at radius 2 is 1.80 bits per heavy atom. The molecule has 2 N–H and O–H groups in total. The lowest BCUT2D eigenvalue weighted by molar-refractivity contribution is -0.150. The van der Waals surface area contributed by atoms with Crippen LogP contribution in [0.4, 0.5) is 0 Å². The van der Waals surface area contributed by atoms with E-state index in [4.69, 9.17) is 5.73 Å². The molecule has 15 heavy (non-hydrogen) atoms. The maximum absolute atomic E-state index is 11.6. The van der Waals surface area contributed by atoms with E-state index in [-0.39, 0.29) is 30.9 Å². The van der Waals surface area contributed by atoms with Crippen LogP contribution in [-0.2, 0) is 9.59 Å². The third-order valence-electron chi connectivity index (χ3n) is 2.36. The molecule has 0 aromatic carbocycles. The molecular formula is C10H19N3O2. The molecule has 2 amide bonds. The zero-order valence-electron chi connectivity index (χ0n) is 9.40. The fourth-order valence-corrected chi connectivity index (χ4v) is 1.69. The Bertz CT molecular complexity index is 253. The number of nitrogens with two attached hydrogens (primary N) is 1. The third kappa shape index (κ3) is 3.20. The van der Waals surface area contributed by atoms with Crippen LogP contribution in [0.2, 0.25) is 0 Å². The number of piperazine rings is 1. The highest BCUT2D eigenvalue weighted by Gasteiger charge is 2.29. The van der Waals surface area contributed by atoms with Crippen LogP contribution in [0.3, 0.4) is 0 Å². The second-order valence-electron chi connectivity index (χ2n) is 4.07. The predicted octanol–water partition coefficient (Wildman–Crippen LogP) is -0.586. The predicted molar refractivity (Wildman–Crippen MR) is 57.1 cm³/mol. The number of nitrogens with zero attached hydrogens (tertiary/aromatic N) is 2. The molecule has 1 fully saturated rings. The lowest BCUT2D eigenvalue weighted by Gasteiger charge is -2.34. The molecule has 0 unspecified atom stereocenters. The van der Waals surface area contributed by atoms with Crippen molar-refractivity contribution in [1.82, 2.24) is 9.80 Å². The molecule has 0 radical (unpaired) electrons. The summed E-state index contributed by atoms with van der Waals surface area (Å²) in [6.45, 7) is 5.34. The lowest BCUT2D eigenvalue weighted by Crippen LogP contribution is -2.55. The number of hydrogen-bond acceptors (Lipinski definition) is 3. The molecule has 1 saturated heterocycles. The van der Waals surface area contributed by atoms with Crippen molar-refractivity contribution in [3.63, 3.8) is 0 Å². The van der Waals surface area contributed by atoms with E-state index in [0.29, 0.717) is 13.1 Å². The SMILES string of the molecule is CCCN1CC(=O)N(C[C@H](C)N)CC1=O. The van der Waals surface area contributed by atoms with Gasteiger partial charge >= 0.3 is 0 Å². The molecule has 1 aliphatic rings. The van der Waals surface area contributed by atoms with Gasteiger partial charge in [-0.25, -0.2) is 0 Å². The van der Waals surface area contributed by atoms with Crippen molar-refractivity contribution < 1.29 is 9.59 Å². The van der Waals surface area contributed by atoms with Crippen LogP contribution in [0.25, 0.3) is 0 Å². The largest absolute Gasteiger partial charge is 0.332 e. The highest BCUT2D eigenvalue weighted by atomic mass is 16.2. The lowest BCUT2D eigenvalue weighted by atomic mass is 10.2. The van der Waals surface area contributed by atoms with E-state index >= 15 is 0 Å². The van der Waals surface area contributed by atoms with Crippen molar-refractivity contribution >= 4 is 11.8 Å². The standard InChI is InChI=1S/C10H19N3O2/c1-3-4-12-6-10(15)13(5-8(2)11)7-9(12)14/h8H,3-7,11H2,1-2H3/t8-/m0/s1. The Kier molecular flexibility index (Phi) is 4.08. The first-order chi connectivity index (χ1) is 7.04. The summed E-state index contributed by atoms with van der Waals surface area (Å²) < 4.78 is 0. The van der Waals surface area contributed by atoms with E-state index in [0.717, 1.165) is 6.42 Å². The molecule has 0 aliphatic carbocycles. The minimum atomic E-state index is -0.0838. The van der Waals surface area contributed by atoms with Gasteiger partial charge in [0, 0.05) is 19.1 Å². The fraction of sp³-hybridized carbons (Fsp3) is 0.800. The molecule has 0 bridgehead atoms. The highest BCUT2D eigenvalue weighted by Crippen LogP contribution is 2.05. The Hall–Kier alpha value is -1.10. The molecule has 1 heterocycles. The number of carbonyl (C=O) groups is 2. The van der Waals surface area contributed by atoms with E-state index in [1.165, 1.54) is 0 Å². The van der Waals surface area contributed by atoms with Crippen LogP contribution in [0.5, 0.6) is 0 Å². The van der Waals surface area contributed by atoms with Crippen LogP contribution in [0.1, 0.15) is 20.3 Å². The van der Waals surface area contributed by atoms with Gasteiger partial charge in [-0.05, 0) is 13.3 Å². The van der Waals surface area contributed by atoms with Gasteiger partial charge in [0.05, 0.1) is 13.1 Å². The molecule has 1 atom stereocenters. The van der Waals surface area contributed by atoms with Crippen molar-refractivity contribution in [2.45, 2.75) is 26.3 Å². The van der Waals surface area contributed by atoms with Crippen LogP contribution in [-0.4, -0.2) is 53.8 Å². The van der Waals surface area contributed by atoms with E-state index < -0.39 is 0 Å². The summed E-state index contributed by atoms with van der Waals surface area (Å²) in [7, 11) is 0. The third-order valence-corrected chi connectivity index (χ3v) is 2.36. The van der Waals surface area contributed by atoms with E-state index in [1.54, 1.807) is 9.80 Å². The average molecular weight is 213 g/mol. The molecule has 0 saturated carbocycles. The maximum Gasteiger partial charge on any atom is 0.242 e. The number of hydrogen-bond donors (Lipinski definition) is 1. The van der Waals surface area contributed by atoms with Crippen LogP contribution >= 0.6 is 0 Å². The number of carbonyl (C=O) groups excluding carboxylic acids is 2. The first-order valence-electron chi connectivity index (χ1n) is 5.35. The Morgan fingerprint density at radius 3 is 2.33 bits per heavy atom. The van der Waals surface area contributed by atoms with Gasteiger partial charge in [0.2, 0.25) is 11.8 Å². The van der Waals surface area contributed by atoms with Crippen molar-refractivity contribution in [3.8, 4) is 0 Å². The smallest absolute Gasteiger partial charge is 0.242 e. The molecule has 1 rings (SSSR count). The summed E-state index contributed by atoms with van der Waals surface area (Å²) in [6, 6.07) is -0.0838. The molecule has 0 aromatic heterocycles. The zero-order valence-corrected chi connectivity index (χ0v) is 9.40. The monoisotopic (exact) mass is 213 g/mol. The Labute approximate surface area is 90.2 Å². The van der Waals surface area contributed by atoms with Crippen LogP contribution < -0.4 is 5.73 Å². The summed E-state index contributed by atoms with van der Waals surface area (Å²) in [5.74, 6) is 0.0254. The highest BCUT2D eigenvalue weighted by molar-refractivity contribution is 5.92. The molecular weight excluding hydrogens is 194 g/mol. The van der Waals surface area contributed by atoms with Gasteiger partial charge in [0.15, 0.2) is 0 Å². The van der Waals surface area contributed by atoms with Gasteiger partial charge in [-0.1, -0.05) is 6.92 Å². The van der Waals surface area contributed by atoms with Gasteiger partial charge < -0.3 is 15.5 Å². The minimum absolute atomic E-state index is 0.000324. The molecule has 1 aliphatic heterocycles. The van der Waals surface area contributed by atoms with Gasteiger partial charge in [-0.3, -0.25) is 9.59 Å². The van der Waals surface area contributed by atoms with Crippen molar-refractivity contribution in [1.29, 1.82) is 0 Å². The summed E-state index contributed by atoms with van der Waals surface area (Å²) in [5.41, 5.74) is 5.61. The van der Waals surface area contributed by atoms with Crippen molar-refractivity contribution in [2.75, 3.05) is 26.2 Å². The quantitative estimate of drug-likeness (QED) is 0.679. The number of rotatable bonds is 4. The molecule has 0 spiro atoms. The molecule has 5 nitrogen and oxygen atoms in total. The van der Waals surface area contributed by atoms with Crippen LogP contribution in [0, 0.1) is 0 Å². The van der Waals surface area contributed by atoms with Crippen LogP contribution in [0.15, 0.2) is 0 Å². The summed E-state index contributed by atoms with van der Waals surface area (Å²) in [6.07, 6.45) is 0.881. The minimum Gasteiger partial charge on any atom is -0.332 e.